The van der Waals surface area contributed by atoms with Crippen molar-refractivity contribution in [3.8, 4) is 0 Å². The fourth-order valence-corrected chi connectivity index (χ4v) is 4.19. The topological polar surface area (TPSA) is 108 Å². The van der Waals surface area contributed by atoms with Crippen LogP contribution in [0.15, 0.2) is 42.5 Å². The first-order valence-electron chi connectivity index (χ1n) is 9.96. The molecule has 0 aromatic heterocycles. The summed E-state index contributed by atoms with van der Waals surface area (Å²) in [4.78, 5) is 36.5. The lowest BCUT2D eigenvalue weighted by Gasteiger charge is -2.21. The monoisotopic (exact) mass is 463 g/mol. The fraction of sp³-hybridized carbons (Fsp3) is 0.318. The standard InChI is InChI=1S/C22H23Cl2N3O4/c23-15-9-5-10-16(24)19(15)20(28)26-18(21(29)30)12-25-22(31)27-17-11-4-2-7-13-6-1-3-8-14(13)17/h1,3,5-6,8-10,17-18H,2,4,7,11-12H2,(H,26,28)(H,29,30)(H2,25,27,31)/t17?,18-/m0/s1. The Kier molecular flexibility index (Phi) is 7.76. The Morgan fingerprint density at radius 1 is 1.03 bits per heavy atom. The van der Waals surface area contributed by atoms with Gasteiger partial charge in [0.05, 0.1) is 28.2 Å². The van der Waals surface area contributed by atoms with E-state index in [0.29, 0.717) is 0 Å². The molecule has 0 bridgehead atoms. The van der Waals surface area contributed by atoms with Crippen LogP contribution in [0.3, 0.4) is 0 Å². The Balaban J connectivity index is 1.61. The van der Waals surface area contributed by atoms with Crippen molar-refractivity contribution < 1.29 is 19.5 Å². The number of halogens is 2. The van der Waals surface area contributed by atoms with Gasteiger partial charge in [-0.1, -0.05) is 60.0 Å². The van der Waals surface area contributed by atoms with E-state index in [9.17, 15) is 19.5 Å². The van der Waals surface area contributed by atoms with Crippen molar-refractivity contribution in [3.05, 3.63) is 69.2 Å². The summed E-state index contributed by atoms with van der Waals surface area (Å²) in [6.45, 7) is -0.302. The summed E-state index contributed by atoms with van der Waals surface area (Å²) in [5.74, 6) is -2.03. The molecule has 164 valence electrons. The highest BCUT2D eigenvalue weighted by atomic mass is 35.5. The first kappa shape index (κ1) is 22.9. The zero-order chi connectivity index (χ0) is 22.4. The predicted molar refractivity (Wildman–Crippen MR) is 119 cm³/mol. The Hall–Kier alpha value is -2.77. The molecule has 1 aliphatic rings. The summed E-state index contributed by atoms with van der Waals surface area (Å²) in [5, 5.41) is 17.5. The molecule has 0 radical (unpaired) electrons. The summed E-state index contributed by atoms with van der Waals surface area (Å²) >= 11 is 12.0. The van der Waals surface area contributed by atoms with E-state index < -0.39 is 23.9 Å². The van der Waals surface area contributed by atoms with E-state index in [-0.39, 0.29) is 28.2 Å². The van der Waals surface area contributed by atoms with Gasteiger partial charge >= 0.3 is 12.0 Å². The van der Waals surface area contributed by atoms with Gasteiger partial charge in [0.25, 0.3) is 5.91 Å². The maximum Gasteiger partial charge on any atom is 0.328 e. The number of benzene rings is 2. The van der Waals surface area contributed by atoms with Gasteiger partial charge in [0, 0.05) is 0 Å². The first-order valence-corrected chi connectivity index (χ1v) is 10.7. The fourth-order valence-electron chi connectivity index (χ4n) is 3.62. The van der Waals surface area contributed by atoms with Gasteiger partial charge in [-0.25, -0.2) is 9.59 Å². The van der Waals surface area contributed by atoms with Crippen molar-refractivity contribution in [1.29, 1.82) is 0 Å². The highest BCUT2D eigenvalue weighted by Gasteiger charge is 2.25. The number of amides is 3. The van der Waals surface area contributed by atoms with Gasteiger partial charge < -0.3 is 21.1 Å². The molecule has 0 fully saturated rings. The Morgan fingerprint density at radius 2 is 1.74 bits per heavy atom. The highest BCUT2D eigenvalue weighted by molar-refractivity contribution is 6.39. The largest absolute Gasteiger partial charge is 0.480 e. The molecule has 9 heteroatoms. The van der Waals surface area contributed by atoms with Crippen molar-refractivity contribution >= 4 is 41.1 Å². The van der Waals surface area contributed by atoms with Gasteiger partial charge in [0.1, 0.15) is 6.04 Å². The van der Waals surface area contributed by atoms with E-state index in [4.69, 9.17) is 23.2 Å². The first-order chi connectivity index (χ1) is 14.9. The smallest absolute Gasteiger partial charge is 0.328 e. The molecule has 0 heterocycles. The Bertz CT molecular complexity index is 963. The molecule has 0 saturated carbocycles. The number of urea groups is 1. The summed E-state index contributed by atoms with van der Waals surface area (Å²) in [5.41, 5.74) is 2.26. The number of hydrogen-bond acceptors (Lipinski definition) is 3. The van der Waals surface area contributed by atoms with E-state index in [2.05, 4.69) is 22.0 Å². The molecule has 31 heavy (non-hydrogen) atoms. The molecule has 0 saturated heterocycles. The molecular formula is C22H23Cl2N3O4. The van der Waals surface area contributed by atoms with E-state index >= 15 is 0 Å². The van der Waals surface area contributed by atoms with Crippen molar-refractivity contribution in [2.75, 3.05) is 6.54 Å². The van der Waals surface area contributed by atoms with Crippen LogP contribution in [-0.4, -0.2) is 35.6 Å². The summed E-state index contributed by atoms with van der Waals surface area (Å²) in [6, 6.07) is 10.5. The molecule has 2 atom stereocenters. The van der Waals surface area contributed by atoms with Gasteiger partial charge in [-0.2, -0.15) is 0 Å². The van der Waals surface area contributed by atoms with E-state index in [0.717, 1.165) is 31.2 Å². The molecule has 0 spiro atoms. The average molecular weight is 464 g/mol. The number of carbonyl (C=O) groups is 3. The SMILES string of the molecule is O=C(NC[C@H](NC(=O)c1c(Cl)cccc1Cl)C(=O)O)NC1CCCCc2ccccc21. The van der Waals surface area contributed by atoms with Gasteiger partial charge in [-0.05, 0) is 42.5 Å². The van der Waals surface area contributed by atoms with Crippen LogP contribution in [0.2, 0.25) is 10.0 Å². The van der Waals surface area contributed by atoms with Crippen LogP contribution in [0.5, 0.6) is 0 Å². The number of carboxylic acid groups (broad SMARTS) is 1. The highest BCUT2D eigenvalue weighted by Crippen LogP contribution is 2.28. The van der Waals surface area contributed by atoms with Crippen LogP contribution >= 0.6 is 23.2 Å². The maximum absolute atomic E-state index is 12.5. The van der Waals surface area contributed by atoms with E-state index in [1.54, 1.807) is 6.07 Å². The number of carbonyl (C=O) groups excluding carboxylic acids is 2. The van der Waals surface area contributed by atoms with E-state index in [1.165, 1.54) is 17.7 Å². The summed E-state index contributed by atoms with van der Waals surface area (Å²) < 4.78 is 0. The minimum absolute atomic E-state index is 0.0170. The minimum atomic E-state index is -1.35. The molecule has 0 aliphatic heterocycles. The quantitative estimate of drug-likeness (QED) is 0.486. The van der Waals surface area contributed by atoms with Crippen molar-refractivity contribution in [2.45, 2.75) is 37.8 Å². The van der Waals surface area contributed by atoms with Gasteiger partial charge in [0.15, 0.2) is 0 Å². The third kappa shape index (κ3) is 5.89. The maximum atomic E-state index is 12.5. The molecule has 3 rings (SSSR count). The zero-order valence-corrected chi connectivity index (χ0v) is 18.2. The van der Waals surface area contributed by atoms with E-state index in [1.807, 2.05) is 18.2 Å². The second-order valence-electron chi connectivity index (χ2n) is 7.31. The molecule has 7 nitrogen and oxygen atoms in total. The molecule has 4 N–H and O–H groups in total. The molecule has 3 amide bonds. The average Bonchev–Trinajstić information content (AvgIpc) is 2.93. The third-order valence-corrected chi connectivity index (χ3v) is 5.81. The van der Waals surface area contributed by atoms with Crippen molar-refractivity contribution in [2.24, 2.45) is 0 Å². The number of fused-ring (bicyclic) bond motifs is 1. The Morgan fingerprint density at radius 3 is 2.45 bits per heavy atom. The van der Waals surface area contributed by atoms with Crippen LogP contribution in [0.25, 0.3) is 0 Å². The minimum Gasteiger partial charge on any atom is -0.480 e. The molecule has 1 unspecified atom stereocenters. The third-order valence-electron chi connectivity index (χ3n) is 5.18. The second-order valence-corrected chi connectivity index (χ2v) is 8.13. The van der Waals surface area contributed by atoms with Gasteiger partial charge in [-0.3, -0.25) is 4.79 Å². The normalized spacial score (nSPS) is 16.4. The second kappa shape index (κ2) is 10.5. The predicted octanol–water partition coefficient (Wildman–Crippen LogP) is 3.94. The molecular weight excluding hydrogens is 441 g/mol. The number of carboxylic acids is 1. The lowest BCUT2D eigenvalue weighted by molar-refractivity contribution is -0.139. The number of rotatable bonds is 6. The van der Waals surface area contributed by atoms with Gasteiger partial charge in [-0.15, -0.1) is 0 Å². The molecule has 2 aromatic carbocycles. The lowest BCUT2D eigenvalue weighted by atomic mass is 9.99. The molecule has 2 aromatic rings. The number of aliphatic carboxylic acids is 1. The number of aryl methyl sites for hydroxylation is 1. The lowest BCUT2D eigenvalue weighted by Crippen LogP contribution is -2.50. The van der Waals surface area contributed by atoms with Crippen LogP contribution < -0.4 is 16.0 Å². The van der Waals surface area contributed by atoms with Crippen molar-refractivity contribution in [3.63, 3.8) is 0 Å². The number of hydrogen-bond donors (Lipinski definition) is 4. The Labute approximate surface area is 190 Å². The van der Waals surface area contributed by atoms with Gasteiger partial charge in [0.2, 0.25) is 0 Å². The molecule has 1 aliphatic carbocycles. The van der Waals surface area contributed by atoms with Crippen LogP contribution in [0, 0.1) is 0 Å². The van der Waals surface area contributed by atoms with Crippen LogP contribution in [0.1, 0.15) is 46.8 Å². The zero-order valence-electron chi connectivity index (χ0n) is 16.7. The number of nitrogens with one attached hydrogen (secondary N) is 3. The van der Waals surface area contributed by atoms with Crippen LogP contribution in [-0.2, 0) is 11.2 Å². The summed E-state index contributed by atoms with van der Waals surface area (Å²) in [7, 11) is 0. The van der Waals surface area contributed by atoms with Crippen LogP contribution in [0.4, 0.5) is 4.79 Å². The summed E-state index contributed by atoms with van der Waals surface area (Å²) in [6.07, 6.45) is 3.79. The van der Waals surface area contributed by atoms with Crippen molar-refractivity contribution in [1.82, 2.24) is 16.0 Å².